The van der Waals surface area contributed by atoms with E-state index in [-0.39, 0.29) is 22.1 Å². The van der Waals surface area contributed by atoms with Crippen LogP contribution >= 0.6 is 0 Å². The second-order valence-corrected chi connectivity index (χ2v) is 7.35. The first-order valence-corrected chi connectivity index (χ1v) is 9.26. The van der Waals surface area contributed by atoms with Crippen LogP contribution in [0.1, 0.15) is 28.7 Å². The smallest absolute Gasteiger partial charge is 0.273 e. The van der Waals surface area contributed by atoms with Crippen molar-refractivity contribution in [2.24, 2.45) is 0 Å². The van der Waals surface area contributed by atoms with Gasteiger partial charge in [-0.1, -0.05) is 54.6 Å². The number of nitro benzene ring substituents is 1. The summed E-state index contributed by atoms with van der Waals surface area (Å²) < 4.78 is 6.44. The summed E-state index contributed by atoms with van der Waals surface area (Å²) in [5.41, 5.74) is 5.24. The van der Waals surface area contributed by atoms with Crippen molar-refractivity contribution in [3.63, 3.8) is 0 Å². The van der Waals surface area contributed by atoms with Gasteiger partial charge in [-0.15, -0.1) is 0 Å². The SMILES string of the molecule is O=[N+]([O-])c1cccc(OC2Cc3ccccc3C23CCc2ccccc23)c1. The molecular weight excluding hydrogens is 338 g/mol. The molecule has 0 bridgehead atoms. The number of hydrogen-bond acceptors (Lipinski definition) is 3. The van der Waals surface area contributed by atoms with Crippen molar-refractivity contribution in [2.45, 2.75) is 30.8 Å². The van der Waals surface area contributed by atoms with Crippen LogP contribution in [-0.2, 0) is 18.3 Å². The fraction of sp³-hybridized carbons (Fsp3) is 0.217. The zero-order chi connectivity index (χ0) is 18.4. The number of nitro groups is 1. The maximum Gasteiger partial charge on any atom is 0.273 e. The van der Waals surface area contributed by atoms with E-state index in [1.54, 1.807) is 6.07 Å². The van der Waals surface area contributed by atoms with E-state index in [9.17, 15) is 10.1 Å². The van der Waals surface area contributed by atoms with Crippen molar-refractivity contribution in [1.29, 1.82) is 0 Å². The molecule has 0 radical (unpaired) electrons. The summed E-state index contributed by atoms with van der Waals surface area (Å²) >= 11 is 0. The molecule has 27 heavy (non-hydrogen) atoms. The van der Waals surface area contributed by atoms with Crippen molar-refractivity contribution >= 4 is 5.69 Å². The average molecular weight is 357 g/mol. The van der Waals surface area contributed by atoms with Gasteiger partial charge in [0.1, 0.15) is 11.9 Å². The lowest BCUT2D eigenvalue weighted by Crippen LogP contribution is -2.39. The molecule has 0 fully saturated rings. The molecule has 0 saturated carbocycles. The van der Waals surface area contributed by atoms with Crippen LogP contribution in [0.15, 0.2) is 72.8 Å². The van der Waals surface area contributed by atoms with E-state index < -0.39 is 0 Å². The van der Waals surface area contributed by atoms with Gasteiger partial charge >= 0.3 is 0 Å². The first-order chi connectivity index (χ1) is 13.2. The Labute approximate surface area is 157 Å². The number of rotatable bonds is 3. The molecule has 3 aromatic carbocycles. The summed E-state index contributed by atoms with van der Waals surface area (Å²) in [7, 11) is 0. The normalized spacial score (nSPS) is 22.4. The Bertz CT molecular complexity index is 1030. The van der Waals surface area contributed by atoms with E-state index in [0.29, 0.717) is 5.75 Å². The predicted molar refractivity (Wildman–Crippen MR) is 103 cm³/mol. The number of aryl methyl sites for hydroxylation is 1. The van der Waals surface area contributed by atoms with Crippen LogP contribution in [0.25, 0.3) is 0 Å². The molecule has 1 spiro atoms. The third-order valence-corrected chi connectivity index (χ3v) is 6.05. The number of hydrogen-bond donors (Lipinski definition) is 0. The van der Waals surface area contributed by atoms with Crippen molar-refractivity contribution in [1.82, 2.24) is 0 Å². The first-order valence-electron chi connectivity index (χ1n) is 9.26. The molecule has 3 aromatic rings. The summed E-state index contributed by atoms with van der Waals surface area (Å²) in [5.74, 6) is 0.561. The van der Waals surface area contributed by atoms with E-state index >= 15 is 0 Å². The molecule has 2 aliphatic carbocycles. The van der Waals surface area contributed by atoms with Crippen molar-refractivity contribution in [3.8, 4) is 5.75 Å². The molecule has 5 rings (SSSR count). The molecule has 0 aromatic heterocycles. The predicted octanol–water partition coefficient (Wildman–Crippen LogP) is 4.83. The van der Waals surface area contributed by atoms with E-state index in [4.69, 9.17) is 4.74 Å². The topological polar surface area (TPSA) is 52.4 Å². The number of nitrogens with zero attached hydrogens (tertiary/aromatic N) is 1. The van der Waals surface area contributed by atoms with Gasteiger partial charge in [0, 0.05) is 12.5 Å². The van der Waals surface area contributed by atoms with Gasteiger partial charge in [-0.2, -0.15) is 0 Å². The minimum absolute atomic E-state index is 0.0592. The zero-order valence-corrected chi connectivity index (χ0v) is 14.8. The Morgan fingerprint density at radius 2 is 1.63 bits per heavy atom. The summed E-state index contributed by atoms with van der Waals surface area (Å²) in [6, 6.07) is 23.7. The second kappa shape index (κ2) is 5.95. The maximum absolute atomic E-state index is 11.1. The summed E-state index contributed by atoms with van der Waals surface area (Å²) in [4.78, 5) is 10.8. The summed E-state index contributed by atoms with van der Waals surface area (Å²) in [6.07, 6.45) is 2.77. The molecule has 134 valence electrons. The van der Waals surface area contributed by atoms with Gasteiger partial charge in [-0.25, -0.2) is 0 Å². The van der Waals surface area contributed by atoms with E-state index in [2.05, 4.69) is 48.5 Å². The van der Waals surface area contributed by atoms with E-state index in [1.165, 1.54) is 34.4 Å². The van der Waals surface area contributed by atoms with E-state index in [1.807, 2.05) is 6.07 Å². The minimum atomic E-state index is -0.378. The fourth-order valence-electron chi connectivity index (χ4n) is 4.91. The molecule has 2 unspecified atom stereocenters. The molecule has 4 heteroatoms. The fourth-order valence-corrected chi connectivity index (χ4v) is 4.91. The van der Waals surface area contributed by atoms with Crippen LogP contribution < -0.4 is 4.74 Å². The highest BCUT2D eigenvalue weighted by Crippen LogP contribution is 2.53. The number of fused-ring (bicyclic) bond motifs is 4. The quantitative estimate of drug-likeness (QED) is 0.498. The number of benzene rings is 3. The number of ether oxygens (including phenoxy) is 1. The lowest BCUT2D eigenvalue weighted by atomic mass is 9.75. The van der Waals surface area contributed by atoms with Gasteiger partial charge in [0.05, 0.1) is 16.4 Å². The third-order valence-electron chi connectivity index (χ3n) is 6.05. The van der Waals surface area contributed by atoms with Gasteiger partial charge < -0.3 is 4.74 Å². The zero-order valence-electron chi connectivity index (χ0n) is 14.8. The Morgan fingerprint density at radius 1 is 0.926 bits per heavy atom. The second-order valence-electron chi connectivity index (χ2n) is 7.35. The lowest BCUT2D eigenvalue weighted by molar-refractivity contribution is -0.385. The monoisotopic (exact) mass is 357 g/mol. The standard InChI is InChI=1S/C23H19NO3/c25-24(26)18-8-5-9-19(15-18)27-22-14-17-7-2-4-11-21(17)23(22)13-12-16-6-1-3-10-20(16)23/h1-11,15,22H,12-14H2. The highest BCUT2D eigenvalue weighted by atomic mass is 16.6. The van der Waals surface area contributed by atoms with Crippen LogP contribution in [0, 0.1) is 10.1 Å². The Morgan fingerprint density at radius 3 is 2.41 bits per heavy atom. The molecule has 0 amide bonds. The van der Waals surface area contributed by atoms with Crippen molar-refractivity contribution in [3.05, 3.63) is 105 Å². The van der Waals surface area contributed by atoms with Gasteiger partial charge in [0.15, 0.2) is 0 Å². The Balaban J connectivity index is 1.61. The minimum Gasteiger partial charge on any atom is -0.489 e. The van der Waals surface area contributed by atoms with E-state index in [0.717, 1.165) is 19.3 Å². The highest BCUT2D eigenvalue weighted by Gasteiger charge is 2.52. The Kier molecular flexibility index (Phi) is 3.54. The van der Waals surface area contributed by atoms with Gasteiger partial charge in [0.25, 0.3) is 5.69 Å². The number of non-ortho nitro benzene ring substituents is 1. The molecule has 0 N–H and O–H groups in total. The van der Waals surface area contributed by atoms with Gasteiger partial charge in [-0.05, 0) is 41.2 Å². The van der Waals surface area contributed by atoms with Crippen LogP contribution in [0.3, 0.4) is 0 Å². The summed E-state index contributed by atoms with van der Waals surface area (Å²) in [6.45, 7) is 0. The maximum atomic E-state index is 11.1. The molecule has 0 heterocycles. The Hall–Kier alpha value is -3.14. The molecule has 2 atom stereocenters. The lowest BCUT2D eigenvalue weighted by Gasteiger charge is -2.34. The van der Waals surface area contributed by atoms with Gasteiger partial charge in [-0.3, -0.25) is 10.1 Å². The van der Waals surface area contributed by atoms with Crippen LogP contribution in [-0.4, -0.2) is 11.0 Å². The summed E-state index contributed by atoms with van der Waals surface area (Å²) in [5, 5.41) is 11.1. The highest BCUT2D eigenvalue weighted by molar-refractivity contribution is 5.56. The molecule has 0 aliphatic heterocycles. The molecule has 0 saturated heterocycles. The van der Waals surface area contributed by atoms with Crippen LogP contribution in [0.4, 0.5) is 5.69 Å². The third kappa shape index (κ3) is 2.36. The average Bonchev–Trinajstić information content (AvgIpc) is 3.23. The molecule has 2 aliphatic rings. The molecule has 4 nitrogen and oxygen atoms in total. The van der Waals surface area contributed by atoms with Gasteiger partial charge in [0.2, 0.25) is 0 Å². The first kappa shape index (κ1) is 16.1. The van der Waals surface area contributed by atoms with Crippen molar-refractivity contribution in [2.75, 3.05) is 0 Å². The molecular formula is C23H19NO3. The van der Waals surface area contributed by atoms with Crippen LogP contribution in [0.5, 0.6) is 5.75 Å². The van der Waals surface area contributed by atoms with Crippen LogP contribution in [0.2, 0.25) is 0 Å². The largest absolute Gasteiger partial charge is 0.489 e. The van der Waals surface area contributed by atoms with Crippen molar-refractivity contribution < 1.29 is 9.66 Å².